The van der Waals surface area contributed by atoms with Crippen molar-refractivity contribution in [1.82, 2.24) is 15.3 Å². The summed E-state index contributed by atoms with van der Waals surface area (Å²) in [6.07, 6.45) is 2.88. The summed E-state index contributed by atoms with van der Waals surface area (Å²) in [5.74, 6) is -0.0848. The second-order valence-electron chi connectivity index (χ2n) is 5.07. The van der Waals surface area contributed by atoms with Crippen molar-refractivity contribution in [3.05, 3.63) is 28.4 Å². The normalized spacial score (nSPS) is 14.3. The van der Waals surface area contributed by atoms with Crippen LogP contribution in [0.5, 0.6) is 0 Å². The molecule has 0 aromatic carbocycles. The number of hydrogen-bond acceptors (Lipinski definition) is 4. The predicted octanol–water partition coefficient (Wildman–Crippen LogP) is 0.297. The lowest BCUT2D eigenvalue weighted by Gasteiger charge is -2.25. The third kappa shape index (κ3) is 4.67. The lowest BCUT2D eigenvalue weighted by atomic mass is 9.94. The number of H-pyrrole nitrogens is 1. The Morgan fingerprint density at radius 1 is 1.61 bits per heavy atom. The van der Waals surface area contributed by atoms with E-state index in [-0.39, 0.29) is 17.8 Å². The van der Waals surface area contributed by atoms with Gasteiger partial charge in [-0.1, -0.05) is 13.8 Å². The maximum atomic E-state index is 11.7. The van der Waals surface area contributed by atoms with Gasteiger partial charge in [-0.15, -0.1) is 0 Å². The molecule has 0 saturated carbocycles. The number of aromatic amines is 1. The van der Waals surface area contributed by atoms with Crippen LogP contribution in [0.3, 0.4) is 0 Å². The van der Waals surface area contributed by atoms with E-state index in [0.29, 0.717) is 12.3 Å². The minimum Gasteiger partial charge on any atom is -0.388 e. The summed E-state index contributed by atoms with van der Waals surface area (Å²) < 4.78 is 0. The molecule has 1 aromatic rings. The van der Waals surface area contributed by atoms with Crippen LogP contribution >= 0.6 is 0 Å². The second kappa shape index (κ2) is 5.77. The first kappa shape index (κ1) is 14.4. The highest BCUT2D eigenvalue weighted by Crippen LogP contribution is 2.15. The Labute approximate surface area is 105 Å². The van der Waals surface area contributed by atoms with Crippen LogP contribution in [0.15, 0.2) is 17.2 Å². The van der Waals surface area contributed by atoms with E-state index in [4.69, 9.17) is 0 Å². The van der Waals surface area contributed by atoms with E-state index in [1.54, 1.807) is 6.92 Å². The van der Waals surface area contributed by atoms with Crippen LogP contribution in [0.2, 0.25) is 0 Å². The van der Waals surface area contributed by atoms with Crippen LogP contribution in [-0.2, 0) is 0 Å². The lowest BCUT2D eigenvalue weighted by Crippen LogP contribution is -2.41. The van der Waals surface area contributed by atoms with Gasteiger partial charge in [0.25, 0.3) is 11.5 Å². The zero-order chi connectivity index (χ0) is 13.8. The van der Waals surface area contributed by atoms with Crippen molar-refractivity contribution in [2.24, 2.45) is 5.92 Å². The number of carbonyl (C=O) groups excluding carboxylic acids is 1. The van der Waals surface area contributed by atoms with Crippen molar-refractivity contribution >= 4 is 5.91 Å². The fourth-order valence-electron chi connectivity index (χ4n) is 1.78. The Hall–Kier alpha value is -1.69. The molecule has 0 radical (unpaired) electrons. The number of nitrogens with zero attached hydrogens (tertiary/aromatic N) is 1. The molecule has 0 bridgehead atoms. The minimum atomic E-state index is -0.952. The number of amides is 1. The van der Waals surface area contributed by atoms with Gasteiger partial charge in [0.05, 0.1) is 11.8 Å². The van der Waals surface area contributed by atoms with E-state index in [1.807, 2.05) is 13.8 Å². The Balaban J connectivity index is 2.56. The number of rotatable bonds is 5. The molecule has 1 amide bonds. The molecule has 0 aliphatic carbocycles. The van der Waals surface area contributed by atoms with Crippen molar-refractivity contribution in [2.45, 2.75) is 32.8 Å². The molecular weight excluding hydrogens is 234 g/mol. The molecule has 6 heteroatoms. The molecule has 6 nitrogen and oxygen atoms in total. The molecular formula is C12H19N3O3. The van der Waals surface area contributed by atoms with Crippen molar-refractivity contribution in [3.63, 3.8) is 0 Å². The summed E-state index contributed by atoms with van der Waals surface area (Å²) >= 11 is 0. The first-order valence-corrected chi connectivity index (χ1v) is 5.85. The van der Waals surface area contributed by atoms with Gasteiger partial charge in [-0.2, -0.15) is 0 Å². The second-order valence-corrected chi connectivity index (χ2v) is 5.07. The average Bonchev–Trinajstić information content (AvgIpc) is 2.25. The molecule has 1 aromatic heterocycles. The van der Waals surface area contributed by atoms with Crippen molar-refractivity contribution in [2.75, 3.05) is 6.54 Å². The largest absolute Gasteiger partial charge is 0.388 e. The van der Waals surface area contributed by atoms with Crippen molar-refractivity contribution in [1.29, 1.82) is 0 Å². The van der Waals surface area contributed by atoms with Crippen LogP contribution in [0.1, 0.15) is 37.7 Å². The first-order chi connectivity index (χ1) is 8.30. The maximum Gasteiger partial charge on any atom is 0.271 e. The van der Waals surface area contributed by atoms with Crippen LogP contribution in [-0.4, -0.2) is 33.1 Å². The molecule has 3 N–H and O–H groups in total. The third-order valence-electron chi connectivity index (χ3n) is 2.38. The highest BCUT2D eigenvalue weighted by molar-refractivity contribution is 5.91. The zero-order valence-electron chi connectivity index (χ0n) is 10.9. The van der Waals surface area contributed by atoms with E-state index in [9.17, 15) is 14.7 Å². The SMILES string of the molecule is CC(C)CC(C)(O)CNC(=O)c1c[nH]c(=O)cn1. The Morgan fingerprint density at radius 2 is 2.28 bits per heavy atom. The predicted molar refractivity (Wildman–Crippen MR) is 67.3 cm³/mol. The van der Waals surface area contributed by atoms with Gasteiger partial charge < -0.3 is 15.4 Å². The van der Waals surface area contributed by atoms with Gasteiger partial charge >= 0.3 is 0 Å². The standard InChI is InChI=1S/C12H19N3O3/c1-8(2)4-12(3,18)7-15-11(17)9-5-14-10(16)6-13-9/h5-6,8,18H,4,7H2,1-3H3,(H,14,16)(H,15,17). The Morgan fingerprint density at radius 3 is 2.78 bits per heavy atom. The Kier molecular flexibility index (Phi) is 4.61. The molecule has 0 saturated heterocycles. The van der Waals surface area contributed by atoms with E-state index < -0.39 is 11.5 Å². The molecule has 1 heterocycles. The van der Waals surface area contributed by atoms with Gasteiger partial charge in [-0.05, 0) is 19.3 Å². The molecule has 18 heavy (non-hydrogen) atoms. The summed E-state index contributed by atoms with van der Waals surface area (Å²) in [6.45, 7) is 5.82. The minimum absolute atomic E-state index is 0.120. The van der Waals surface area contributed by atoms with Gasteiger partial charge in [0.15, 0.2) is 0 Å². The number of carbonyl (C=O) groups is 1. The fraction of sp³-hybridized carbons (Fsp3) is 0.583. The van der Waals surface area contributed by atoms with Gasteiger partial charge in [-0.3, -0.25) is 9.59 Å². The average molecular weight is 253 g/mol. The smallest absolute Gasteiger partial charge is 0.271 e. The van der Waals surface area contributed by atoms with Crippen LogP contribution in [0.25, 0.3) is 0 Å². The molecule has 1 atom stereocenters. The zero-order valence-corrected chi connectivity index (χ0v) is 10.9. The third-order valence-corrected chi connectivity index (χ3v) is 2.38. The molecule has 0 aliphatic heterocycles. The van der Waals surface area contributed by atoms with Crippen molar-refractivity contribution < 1.29 is 9.90 Å². The van der Waals surface area contributed by atoms with Crippen LogP contribution in [0.4, 0.5) is 0 Å². The summed E-state index contributed by atoms with van der Waals surface area (Å²) in [6, 6.07) is 0. The van der Waals surface area contributed by atoms with Crippen LogP contribution < -0.4 is 10.9 Å². The van der Waals surface area contributed by atoms with Crippen LogP contribution in [0, 0.1) is 5.92 Å². The van der Waals surface area contributed by atoms with Crippen molar-refractivity contribution in [3.8, 4) is 0 Å². The number of hydrogen-bond donors (Lipinski definition) is 3. The van der Waals surface area contributed by atoms with E-state index in [2.05, 4.69) is 15.3 Å². The van der Waals surface area contributed by atoms with Gasteiger partial charge in [0.2, 0.25) is 0 Å². The summed E-state index contributed by atoms with van der Waals surface area (Å²) in [5.41, 5.74) is -1.19. The number of aliphatic hydroxyl groups is 1. The molecule has 0 spiro atoms. The number of aromatic nitrogens is 2. The topological polar surface area (TPSA) is 95.1 Å². The Bertz CT molecular complexity index is 445. The van der Waals surface area contributed by atoms with Gasteiger partial charge in [0, 0.05) is 12.7 Å². The van der Waals surface area contributed by atoms with E-state index >= 15 is 0 Å². The lowest BCUT2D eigenvalue weighted by molar-refractivity contribution is 0.0367. The maximum absolute atomic E-state index is 11.7. The van der Waals surface area contributed by atoms with E-state index in [0.717, 1.165) is 6.20 Å². The summed E-state index contributed by atoms with van der Waals surface area (Å²) in [4.78, 5) is 28.5. The molecule has 1 rings (SSSR count). The summed E-state index contributed by atoms with van der Waals surface area (Å²) in [7, 11) is 0. The monoisotopic (exact) mass is 253 g/mol. The van der Waals surface area contributed by atoms with Gasteiger partial charge in [-0.25, -0.2) is 4.98 Å². The summed E-state index contributed by atoms with van der Waals surface area (Å²) in [5, 5.41) is 12.6. The highest BCUT2D eigenvalue weighted by atomic mass is 16.3. The highest BCUT2D eigenvalue weighted by Gasteiger charge is 2.23. The van der Waals surface area contributed by atoms with E-state index in [1.165, 1.54) is 6.20 Å². The molecule has 0 aliphatic rings. The number of nitrogens with one attached hydrogen (secondary N) is 2. The fourth-order valence-corrected chi connectivity index (χ4v) is 1.78. The van der Waals surface area contributed by atoms with Gasteiger partial charge in [0.1, 0.15) is 5.69 Å². The first-order valence-electron chi connectivity index (χ1n) is 5.85. The molecule has 0 fully saturated rings. The quantitative estimate of drug-likeness (QED) is 0.703. The molecule has 100 valence electrons. The molecule has 1 unspecified atom stereocenters.